The first kappa shape index (κ1) is 22.7. The van der Waals surface area contributed by atoms with Gasteiger partial charge >= 0.3 is 5.97 Å². The fourth-order valence-corrected chi connectivity index (χ4v) is 3.59. The van der Waals surface area contributed by atoms with Crippen LogP contribution in [0.25, 0.3) is 0 Å². The van der Waals surface area contributed by atoms with Crippen LogP contribution in [0.3, 0.4) is 0 Å². The van der Waals surface area contributed by atoms with E-state index in [1.54, 1.807) is 17.0 Å². The number of hydrogen-bond acceptors (Lipinski definition) is 4. The Morgan fingerprint density at radius 3 is 2.03 bits per heavy atom. The van der Waals surface area contributed by atoms with Crippen LogP contribution >= 0.6 is 0 Å². The van der Waals surface area contributed by atoms with Gasteiger partial charge in [-0.3, -0.25) is 14.4 Å². The smallest absolute Gasteiger partial charge is 0.309 e. The number of ether oxygens (including phenoxy) is 1. The molecular formula is C25H28FNO4. The molecule has 0 N–H and O–H groups in total. The van der Waals surface area contributed by atoms with Gasteiger partial charge in [0.1, 0.15) is 5.82 Å². The maximum absolute atomic E-state index is 13.0. The predicted molar refractivity (Wildman–Crippen MR) is 115 cm³/mol. The molecule has 1 aliphatic rings. The highest BCUT2D eigenvalue weighted by Crippen LogP contribution is 2.23. The number of likely N-dealkylation sites (tertiary alicyclic amines) is 1. The Morgan fingerprint density at radius 1 is 0.935 bits per heavy atom. The van der Waals surface area contributed by atoms with E-state index in [0.717, 1.165) is 5.56 Å². The molecule has 0 aromatic heterocycles. The van der Waals surface area contributed by atoms with Crippen molar-refractivity contribution in [1.82, 2.24) is 4.90 Å². The number of hydrogen-bond donors (Lipinski definition) is 0. The molecule has 164 valence electrons. The molecule has 1 amide bonds. The zero-order valence-electron chi connectivity index (χ0n) is 18.2. The van der Waals surface area contributed by atoms with Crippen LogP contribution in [0.15, 0.2) is 48.5 Å². The number of rotatable bonds is 5. The number of halogens is 1. The fraction of sp³-hybridized carbons (Fsp3) is 0.400. The van der Waals surface area contributed by atoms with E-state index in [1.807, 2.05) is 12.1 Å². The summed E-state index contributed by atoms with van der Waals surface area (Å²) in [5, 5.41) is 0. The van der Waals surface area contributed by atoms with Crippen molar-refractivity contribution in [2.75, 3.05) is 19.7 Å². The second-order valence-electron chi connectivity index (χ2n) is 8.93. The first-order chi connectivity index (χ1) is 14.6. The number of esters is 1. The molecule has 1 heterocycles. The number of piperidine rings is 1. The highest BCUT2D eigenvalue weighted by molar-refractivity contribution is 5.98. The minimum Gasteiger partial charge on any atom is -0.457 e. The summed E-state index contributed by atoms with van der Waals surface area (Å²) in [5.41, 5.74) is 2.06. The highest BCUT2D eigenvalue weighted by atomic mass is 19.1. The van der Waals surface area contributed by atoms with E-state index in [-0.39, 0.29) is 29.6 Å². The molecule has 2 aromatic rings. The average Bonchev–Trinajstić information content (AvgIpc) is 2.77. The first-order valence-corrected chi connectivity index (χ1v) is 10.5. The molecule has 0 bridgehead atoms. The molecule has 5 nitrogen and oxygen atoms in total. The lowest BCUT2D eigenvalue weighted by molar-refractivity contribution is -0.148. The third-order valence-corrected chi connectivity index (χ3v) is 5.63. The van der Waals surface area contributed by atoms with Crippen molar-refractivity contribution < 1.29 is 23.5 Å². The van der Waals surface area contributed by atoms with Crippen molar-refractivity contribution in [3.63, 3.8) is 0 Å². The molecule has 2 aromatic carbocycles. The molecule has 0 radical (unpaired) electrons. The van der Waals surface area contributed by atoms with Crippen LogP contribution in [0.1, 0.15) is 59.9 Å². The summed E-state index contributed by atoms with van der Waals surface area (Å²) >= 11 is 0. The van der Waals surface area contributed by atoms with E-state index < -0.39 is 11.8 Å². The van der Waals surface area contributed by atoms with Crippen LogP contribution in [0.2, 0.25) is 0 Å². The summed E-state index contributed by atoms with van der Waals surface area (Å²) in [4.78, 5) is 38.9. The van der Waals surface area contributed by atoms with Crippen LogP contribution in [-0.2, 0) is 14.9 Å². The molecule has 0 unspecified atom stereocenters. The Labute approximate surface area is 182 Å². The maximum atomic E-state index is 13.0. The summed E-state index contributed by atoms with van der Waals surface area (Å²) in [5.74, 6) is -1.56. The number of ketones is 1. The summed E-state index contributed by atoms with van der Waals surface area (Å²) in [7, 11) is 0. The molecule has 0 atom stereocenters. The molecular weight excluding hydrogens is 397 g/mol. The number of amides is 1. The summed E-state index contributed by atoms with van der Waals surface area (Å²) in [6.45, 7) is 6.84. The number of benzene rings is 2. The molecule has 1 saturated heterocycles. The minimum atomic E-state index is -0.409. The van der Waals surface area contributed by atoms with Crippen LogP contribution in [0.5, 0.6) is 0 Å². The second kappa shape index (κ2) is 9.41. The number of carbonyl (C=O) groups excluding carboxylic acids is 3. The molecule has 1 fully saturated rings. The van der Waals surface area contributed by atoms with Crippen molar-refractivity contribution in [3.05, 3.63) is 71.0 Å². The molecule has 0 spiro atoms. The lowest BCUT2D eigenvalue weighted by Crippen LogP contribution is -2.40. The van der Waals surface area contributed by atoms with E-state index in [0.29, 0.717) is 37.1 Å². The van der Waals surface area contributed by atoms with E-state index in [1.165, 1.54) is 24.3 Å². The van der Waals surface area contributed by atoms with Gasteiger partial charge in [-0.25, -0.2) is 4.39 Å². The Hall–Kier alpha value is -3.02. The average molecular weight is 426 g/mol. The third-order valence-electron chi connectivity index (χ3n) is 5.63. The first-order valence-electron chi connectivity index (χ1n) is 10.5. The van der Waals surface area contributed by atoms with Gasteiger partial charge in [0.15, 0.2) is 12.4 Å². The lowest BCUT2D eigenvalue weighted by Gasteiger charge is -2.31. The SMILES string of the molecule is CC(C)(C)c1ccc(C(=O)COC(=O)C2CCN(C(=O)c3ccc(F)cc3)CC2)cc1. The Kier molecular flexibility index (Phi) is 6.88. The number of carbonyl (C=O) groups is 3. The zero-order chi connectivity index (χ0) is 22.6. The van der Waals surface area contributed by atoms with Crippen LogP contribution < -0.4 is 0 Å². The predicted octanol–water partition coefficient (Wildman–Crippen LogP) is 4.40. The number of Topliss-reactive ketones (excluding diaryl/α,β-unsaturated/α-hetero) is 1. The van der Waals surface area contributed by atoms with Gasteiger partial charge in [0.25, 0.3) is 5.91 Å². The summed E-state index contributed by atoms with van der Waals surface area (Å²) in [6.07, 6.45) is 0.945. The van der Waals surface area contributed by atoms with Gasteiger partial charge in [0, 0.05) is 24.2 Å². The van der Waals surface area contributed by atoms with E-state index >= 15 is 0 Å². The maximum Gasteiger partial charge on any atom is 0.309 e. The summed E-state index contributed by atoms with van der Waals surface area (Å²) < 4.78 is 18.3. The van der Waals surface area contributed by atoms with Crippen molar-refractivity contribution >= 4 is 17.7 Å². The van der Waals surface area contributed by atoms with Gasteiger partial charge in [-0.05, 0) is 48.1 Å². The van der Waals surface area contributed by atoms with Crippen molar-refractivity contribution in [3.8, 4) is 0 Å². The van der Waals surface area contributed by atoms with Crippen molar-refractivity contribution in [2.45, 2.75) is 39.0 Å². The highest BCUT2D eigenvalue weighted by Gasteiger charge is 2.29. The van der Waals surface area contributed by atoms with Crippen LogP contribution in [-0.4, -0.2) is 42.3 Å². The van der Waals surface area contributed by atoms with Crippen LogP contribution in [0.4, 0.5) is 4.39 Å². The molecule has 1 aliphatic heterocycles. The topological polar surface area (TPSA) is 63.7 Å². The second-order valence-corrected chi connectivity index (χ2v) is 8.93. The van der Waals surface area contributed by atoms with E-state index in [4.69, 9.17) is 4.74 Å². The molecule has 31 heavy (non-hydrogen) atoms. The van der Waals surface area contributed by atoms with Gasteiger partial charge in [-0.2, -0.15) is 0 Å². The minimum absolute atomic E-state index is 0.000984. The monoisotopic (exact) mass is 425 g/mol. The van der Waals surface area contributed by atoms with Gasteiger partial charge in [-0.1, -0.05) is 45.0 Å². The lowest BCUT2D eigenvalue weighted by atomic mass is 9.86. The van der Waals surface area contributed by atoms with Crippen LogP contribution in [0, 0.1) is 11.7 Å². The molecule has 0 saturated carbocycles. The van der Waals surface area contributed by atoms with Gasteiger partial charge < -0.3 is 9.64 Å². The van der Waals surface area contributed by atoms with Gasteiger partial charge in [-0.15, -0.1) is 0 Å². The van der Waals surface area contributed by atoms with Gasteiger partial charge in [0.05, 0.1) is 5.92 Å². The van der Waals surface area contributed by atoms with E-state index in [2.05, 4.69) is 20.8 Å². The van der Waals surface area contributed by atoms with Crippen molar-refractivity contribution in [1.29, 1.82) is 0 Å². The standard InChI is InChI=1S/C25H28FNO4/c1-25(2,3)20-8-4-17(5-9-20)22(28)16-31-24(30)19-12-14-27(15-13-19)23(29)18-6-10-21(26)11-7-18/h4-11,19H,12-16H2,1-3H3. The van der Waals surface area contributed by atoms with Crippen molar-refractivity contribution in [2.24, 2.45) is 5.92 Å². The molecule has 0 aliphatic carbocycles. The number of nitrogens with zero attached hydrogens (tertiary/aromatic N) is 1. The fourth-order valence-electron chi connectivity index (χ4n) is 3.59. The third kappa shape index (κ3) is 5.78. The summed E-state index contributed by atoms with van der Waals surface area (Å²) in [6, 6.07) is 12.8. The largest absolute Gasteiger partial charge is 0.457 e. The Balaban J connectivity index is 1.47. The zero-order valence-corrected chi connectivity index (χ0v) is 18.2. The van der Waals surface area contributed by atoms with Gasteiger partial charge in [0.2, 0.25) is 0 Å². The molecule has 3 rings (SSSR count). The normalized spacial score (nSPS) is 14.9. The Bertz CT molecular complexity index is 937. The Morgan fingerprint density at radius 2 is 1.48 bits per heavy atom. The quantitative estimate of drug-likeness (QED) is 0.526. The van der Waals surface area contributed by atoms with E-state index in [9.17, 15) is 18.8 Å². The molecule has 6 heteroatoms.